The minimum atomic E-state index is -0.802. The highest BCUT2D eigenvalue weighted by molar-refractivity contribution is 5.71. The van der Waals surface area contributed by atoms with Crippen LogP contribution >= 0.6 is 0 Å². The summed E-state index contributed by atoms with van der Waals surface area (Å²) in [6, 6.07) is 0. The smallest absolute Gasteiger partial charge is 0.306 e. The molecule has 0 bridgehead atoms. The van der Waals surface area contributed by atoms with Crippen molar-refractivity contribution in [2.75, 3.05) is 13.2 Å². The molecule has 0 aliphatic heterocycles. The van der Waals surface area contributed by atoms with Crippen LogP contribution in [0.3, 0.4) is 0 Å². The second-order valence-corrected chi connectivity index (χ2v) is 20.2. The van der Waals surface area contributed by atoms with Gasteiger partial charge in [-0.15, -0.1) is 0 Å². The van der Waals surface area contributed by atoms with Crippen molar-refractivity contribution in [3.63, 3.8) is 0 Å². The molecule has 1 atom stereocenters. The molecule has 0 aromatic heterocycles. The molecule has 0 heterocycles. The Morgan fingerprint density at radius 3 is 0.827 bits per heavy atom. The zero-order valence-corrected chi connectivity index (χ0v) is 48.8. The fourth-order valence-corrected chi connectivity index (χ4v) is 8.31. The Labute approximate surface area is 462 Å². The molecule has 0 aromatic carbocycles. The second-order valence-electron chi connectivity index (χ2n) is 20.2. The summed E-state index contributed by atoms with van der Waals surface area (Å²) in [6.07, 6.45) is 86.2. The van der Waals surface area contributed by atoms with E-state index in [2.05, 4.69) is 142 Å². The molecule has 0 fully saturated rings. The van der Waals surface area contributed by atoms with Gasteiger partial charge in [0, 0.05) is 19.3 Å². The van der Waals surface area contributed by atoms with Gasteiger partial charge >= 0.3 is 17.9 Å². The van der Waals surface area contributed by atoms with Crippen LogP contribution in [0.5, 0.6) is 0 Å². The molecule has 0 N–H and O–H groups in total. The van der Waals surface area contributed by atoms with Crippen LogP contribution in [0.15, 0.2) is 122 Å². The highest BCUT2D eigenvalue weighted by Crippen LogP contribution is 2.15. The lowest BCUT2D eigenvalue weighted by Gasteiger charge is -2.18. The standard InChI is InChI=1S/C69H114O6/c1-4-7-10-13-16-19-22-24-26-28-30-32-33-34-35-37-38-40-42-44-47-50-53-56-59-62-68(71)74-65-66(64-73-67(70)61-58-55-52-49-46-21-18-15-12-9-6-3)75-69(72)63-60-57-54-51-48-45-43-41-39-36-31-29-27-25-23-20-17-14-11-8-5-2/h7,10,16,19,23-26,29-32,34-35,38-41,44,47,66H,4-6,8-9,11-15,17-18,20-22,27-28,33,36-37,42-43,45-46,48-65H2,1-3H3/b10-7-,19-16-,25-23-,26-24-,31-29-,32-30-,35-34-,40-38-,41-39-,47-44-. The van der Waals surface area contributed by atoms with Crippen LogP contribution in [0.4, 0.5) is 0 Å². The van der Waals surface area contributed by atoms with Crippen LogP contribution in [0.1, 0.15) is 278 Å². The third-order valence-corrected chi connectivity index (χ3v) is 13.0. The maximum Gasteiger partial charge on any atom is 0.306 e. The number of rotatable bonds is 55. The Kier molecular flexibility index (Phi) is 58.9. The van der Waals surface area contributed by atoms with Crippen LogP contribution in [-0.4, -0.2) is 37.2 Å². The molecule has 0 aliphatic carbocycles. The van der Waals surface area contributed by atoms with E-state index < -0.39 is 6.10 Å². The summed E-state index contributed by atoms with van der Waals surface area (Å²) in [5, 5.41) is 0. The minimum Gasteiger partial charge on any atom is -0.462 e. The van der Waals surface area contributed by atoms with Crippen molar-refractivity contribution in [2.45, 2.75) is 284 Å². The Balaban J connectivity index is 4.42. The minimum absolute atomic E-state index is 0.0951. The molecule has 0 saturated heterocycles. The van der Waals surface area contributed by atoms with E-state index in [1.807, 2.05) is 0 Å². The molecule has 0 aromatic rings. The maximum absolute atomic E-state index is 12.9. The van der Waals surface area contributed by atoms with E-state index in [4.69, 9.17) is 14.2 Å². The van der Waals surface area contributed by atoms with Gasteiger partial charge in [-0.2, -0.15) is 0 Å². The van der Waals surface area contributed by atoms with Crippen molar-refractivity contribution in [1.82, 2.24) is 0 Å². The molecule has 0 saturated carbocycles. The van der Waals surface area contributed by atoms with Crippen molar-refractivity contribution < 1.29 is 28.6 Å². The molecule has 6 nitrogen and oxygen atoms in total. The third kappa shape index (κ3) is 60.6. The number of ether oxygens (including phenoxy) is 3. The maximum atomic E-state index is 12.9. The number of hydrogen-bond acceptors (Lipinski definition) is 6. The highest BCUT2D eigenvalue weighted by atomic mass is 16.6. The van der Waals surface area contributed by atoms with Gasteiger partial charge < -0.3 is 14.2 Å². The summed E-state index contributed by atoms with van der Waals surface area (Å²) in [4.78, 5) is 38.2. The topological polar surface area (TPSA) is 78.9 Å². The van der Waals surface area contributed by atoms with E-state index in [0.717, 1.165) is 135 Å². The number of carbonyl (C=O) groups excluding carboxylic acids is 3. The van der Waals surface area contributed by atoms with E-state index in [1.54, 1.807) is 0 Å². The SMILES string of the molecule is CC/C=C\C/C=C\C/C=C\C/C=C\C/C=C\C/C=C\C/C=C\CCCCCC(=O)OCC(COC(=O)CCCCCCCCCCCCC)OC(=O)CCCCCCCC/C=C\C/C=C\C/C=C\CCCCCCC. The largest absolute Gasteiger partial charge is 0.462 e. The first-order valence-electron chi connectivity index (χ1n) is 31.0. The van der Waals surface area contributed by atoms with Gasteiger partial charge in [-0.05, 0) is 116 Å². The molecule has 6 heteroatoms. The average Bonchev–Trinajstić information content (AvgIpc) is 3.41. The molecule has 1 unspecified atom stereocenters. The van der Waals surface area contributed by atoms with Crippen LogP contribution in [0, 0.1) is 0 Å². The third-order valence-electron chi connectivity index (χ3n) is 13.0. The average molecular weight is 1040 g/mol. The lowest BCUT2D eigenvalue weighted by molar-refractivity contribution is -0.167. The van der Waals surface area contributed by atoms with Gasteiger partial charge in [0.2, 0.25) is 0 Å². The summed E-state index contributed by atoms with van der Waals surface area (Å²) in [7, 11) is 0. The van der Waals surface area contributed by atoms with E-state index in [1.165, 1.54) is 103 Å². The van der Waals surface area contributed by atoms with Gasteiger partial charge in [0.05, 0.1) is 0 Å². The first kappa shape index (κ1) is 70.8. The van der Waals surface area contributed by atoms with Gasteiger partial charge in [-0.3, -0.25) is 14.4 Å². The van der Waals surface area contributed by atoms with Gasteiger partial charge in [0.15, 0.2) is 6.10 Å². The molecule has 0 rings (SSSR count). The molecule has 0 aliphatic rings. The fourth-order valence-electron chi connectivity index (χ4n) is 8.31. The van der Waals surface area contributed by atoms with Crippen molar-refractivity contribution in [1.29, 1.82) is 0 Å². The summed E-state index contributed by atoms with van der Waals surface area (Å²) >= 11 is 0. The quantitative estimate of drug-likeness (QED) is 0.0261. The number of hydrogen-bond donors (Lipinski definition) is 0. The van der Waals surface area contributed by atoms with Crippen LogP contribution in [-0.2, 0) is 28.6 Å². The molecule has 0 radical (unpaired) electrons. The van der Waals surface area contributed by atoms with Crippen LogP contribution in [0.2, 0.25) is 0 Å². The first-order chi connectivity index (χ1) is 37.0. The Morgan fingerprint density at radius 1 is 0.280 bits per heavy atom. The summed E-state index contributed by atoms with van der Waals surface area (Å²) < 4.78 is 16.9. The Hall–Kier alpha value is -4.19. The predicted octanol–water partition coefficient (Wildman–Crippen LogP) is 21.2. The van der Waals surface area contributed by atoms with E-state index in [9.17, 15) is 14.4 Å². The predicted molar refractivity (Wildman–Crippen MR) is 325 cm³/mol. The van der Waals surface area contributed by atoms with Gasteiger partial charge in [-0.25, -0.2) is 0 Å². The highest BCUT2D eigenvalue weighted by Gasteiger charge is 2.19. The summed E-state index contributed by atoms with van der Waals surface area (Å²) in [5.74, 6) is -0.941. The van der Waals surface area contributed by atoms with E-state index in [-0.39, 0.29) is 31.1 Å². The van der Waals surface area contributed by atoms with Gasteiger partial charge in [0.1, 0.15) is 13.2 Å². The molecule has 75 heavy (non-hydrogen) atoms. The number of esters is 3. The molecule has 0 spiro atoms. The van der Waals surface area contributed by atoms with Crippen LogP contribution in [0.25, 0.3) is 0 Å². The van der Waals surface area contributed by atoms with Crippen molar-refractivity contribution in [2.24, 2.45) is 0 Å². The second kappa shape index (κ2) is 62.4. The normalized spacial score (nSPS) is 12.9. The summed E-state index contributed by atoms with van der Waals surface area (Å²) in [5.41, 5.74) is 0. The summed E-state index contributed by atoms with van der Waals surface area (Å²) in [6.45, 7) is 6.47. The Morgan fingerprint density at radius 2 is 0.520 bits per heavy atom. The van der Waals surface area contributed by atoms with E-state index >= 15 is 0 Å². The van der Waals surface area contributed by atoms with Crippen molar-refractivity contribution in [3.8, 4) is 0 Å². The van der Waals surface area contributed by atoms with Crippen molar-refractivity contribution >= 4 is 17.9 Å². The van der Waals surface area contributed by atoms with Gasteiger partial charge in [0.25, 0.3) is 0 Å². The van der Waals surface area contributed by atoms with Crippen molar-refractivity contribution in [3.05, 3.63) is 122 Å². The lowest BCUT2D eigenvalue weighted by atomic mass is 10.1. The zero-order valence-electron chi connectivity index (χ0n) is 48.8. The molecule has 426 valence electrons. The first-order valence-corrected chi connectivity index (χ1v) is 31.0. The molecular formula is C69H114O6. The monoisotopic (exact) mass is 1040 g/mol. The number of allylic oxidation sites excluding steroid dienone is 20. The lowest BCUT2D eigenvalue weighted by Crippen LogP contribution is -2.30. The Bertz CT molecular complexity index is 1570. The molecular weight excluding hydrogens is 925 g/mol. The zero-order chi connectivity index (χ0) is 54.3. The van der Waals surface area contributed by atoms with Gasteiger partial charge in [-0.1, -0.05) is 264 Å². The number of carbonyl (C=O) groups is 3. The molecule has 0 amide bonds. The van der Waals surface area contributed by atoms with E-state index in [0.29, 0.717) is 19.3 Å². The number of unbranched alkanes of at least 4 members (excludes halogenated alkanes) is 24. The van der Waals surface area contributed by atoms with Crippen LogP contribution < -0.4 is 0 Å². The fraction of sp³-hybridized carbons (Fsp3) is 0.667.